The second kappa shape index (κ2) is 4.85. The smallest absolute Gasteiger partial charge is 0.179 e. The molecule has 0 atom stereocenters. The maximum absolute atomic E-state index is 9.17. The zero-order chi connectivity index (χ0) is 15.1. The van der Waals surface area contributed by atoms with E-state index in [9.17, 15) is 0 Å². The molecule has 0 saturated heterocycles. The molecule has 22 heavy (non-hydrogen) atoms. The normalized spacial score (nSPS) is 13.4. The average Bonchev–Trinajstić information content (AvgIpc) is 3.17. The molecule has 0 fully saturated rings. The highest BCUT2D eigenvalue weighted by molar-refractivity contribution is 5.81. The average molecular weight is 289 g/mol. The lowest BCUT2D eigenvalue weighted by Gasteiger charge is -2.16. The van der Waals surface area contributed by atoms with Gasteiger partial charge in [-0.2, -0.15) is 5.26 Å². The van der Waals surface area contributed by atoms with Gasteiger partial charge in [0, 0.05) is 30.5 Å². The van der Waals surface area contributed by atoms with Crippen LogP contribution >= 0.6 is 0 Å². The van der Waals surface area contributed by atoms with Crippen LogP contribution in [0.4, 0.5) is 5.69 Å². The van der Waals surface area contributed by atoms with E-state index in [1.807, 2.05) is 0 Å². The largest absolute Gasteiger partial charge is 0.371 e. The minimum Gasteiger partial charge on any atom is -0.371 e. The number of hydrogen-bond donors (Lipinski definition) is 1. The molecule has 0 bridgehead atoms. The van der Waals surface area contributed by atoms with Gasteiger partial charge in [0.15, 0.2) is 5.65 Å². The van der Waals surface area contributed by atoms with Crippen LogP contribution in [0.25, 0.3) is 22.6 Å². The fourth-order valence-electron chi connectivity index (χ4n) is 3.09. The lowest BCUT2D eigenvalue weighted by molar-refractivity contribution is 0.868. The maximum atomic E-state index is 9.17. The minimum absolute atomic E-state index is 0.571. The van der Waals surface area contributed by atoms with Gasteiger partial charge in [-0.1, -0.05) is 0 Å². The topological polar surface area (TPSA) is 68.6 Å². The Bertz CT molecular complexity index is 903. The first-order valence-corrected chi connectivity index (χ1v) is 7.43. The van der Waals surface area contributed by atoms with E-state index in [4.69, 9.17) is 5.26 Å². The van der Waals surface area contributed by atoms with Crippen molar-refractivity contribution in [3.8, 4) is 17.5 Å². The first kappa shape index (κ1) is 12.8. The predicted molar refractivity (Wildman–Crippen MR) is 85.6 cm³/mol. The van der Waals surface area contributed by atoms with E-state index in [0.29, 0.717) is 16.7 Å². The number of imidazole rings is 1. The van der Waals surface area contributed by atoms with Crippen LogP contribution in [0, 0.1) is 11.3 Å². The molecule has 0 spiro atoms. The molecule has 1 aliphatic heterocycles. The van der Waals surface area contributed by atoms with Gasteiger partial charge >= 0.3 is 0 Å². The molecular weight excluding hydrogens is 274 g/mol. The van der Waals surface area contributed by atoms with Crippen molar-refractivity contribution in [1.29, 1.82) is 5.26 Å². The SMILES string of the molecule is CCN1CCc2cc(-c3nc4nccc(C#N)c4[nH]3)ccc21. The van der Waals surface area contributed by atoms with Gasteiger partial charge in [-0.25, -0.2) is 9.97 Å². The zero-order valence-corrected chi connectivity index (χ0v) is 12.3. The number of likely N-dealkylation sites (N-methyl/N-ethyl adjacent to an activating group) is 1. The number of nitriles is 1. The number of pyridine rings is 1. The lowest BCUT2D eigenvalue weighted by atomic mass is 10.1. The Kier molecular flexibility index (Phi) is 2.83. The summed E-state index contributed by atoms with van der Waals surface area (Å²) in [4.78, 5) is 14.4. The number of anilines is 1. The molecule has 2 aromatic heterocycles. The third-order valence-electron chi connectivity index (χ3n) is 4.24. The van der Waals surface area contributed by atoms with Crippen LogP contribution in [-0.4, -0.2) is 28.0 Å². The van der Waals surface area contributed by atoms with Crippen molar-refractivity contribution in [3.05, 3.63) is 41.6 Å². The van der Waals surface area contributed by atoms with Gasteiger partial charge in [0.1, 0.15) is 17.4 Å². The molecule has 0 aliphatic carbocycles. The molecule has 1 aromatic carbocycles. The van der Waals surface area contributed by atoms with Gasteiger partial charge in [0.25, 0.3) is 0 Å². The lowest BCUT2D eigenvalue weighted by Crippen LogP contribution is -2.18. The Morgan fingerprint density at radius 3 is 3.09 bits per heavy atom. The van der Waals surface area contributed by atoms with E-state index in [-0.39, 0.29) is 0 Å². The Labute approximate surface area is 128 Å². The van der Waals surface area contributed by atoms with Crippen LogP contribution < -0.4 is 4.90 Å². The van der Waals surface area contributed by atoms with Crippen LogP contribution in [0.2, 0.25) is 0 Å². The first-order chi connectivity index (χ1) is 10.8. The molecule has 0 amide bonds. The van der Waals surface area contributed by atoms with Crippen molar-refractivity contribution in [2.24, 2.45) is 0 Å². The summed E-state index contributed by atoms with van der Waals surface area (Å²) >= 11 is 0. The molecule has 5 heteroatoms. The van der Waals surface area contributed by atoms with Crippen molar-refractivity contribution < 1.29 is 0 Å². The van der Waals surface area contributed by atoms with E-state index >= 15 is 0 Å². The number of nitrogens with zero attached hydrogens (tertiary/aromatic N) is 4. The number of aromatic amines is 1. The number of nitrogens with one attached hydrogen (secondary N) is 1. The third kappa shape index (κ3) is 1.85. The summed E-state index contributed by atoms with van der Waals surface area (Å²) in [6.07, 6.45) is 2.69. The molecule has 0 radical (unpaired) electrons. The summed E-state index contributed by atoms with van der Waals surface area (Å²) in [7, 11) is 0. The van der Waals surface area contributed by atoms with Crippen LogP contribution in [-0.2, 0) is 6.42 Å². The second-order valence-electron chi connectivity index (χ2n) is 5.43. The van der Waals surface area contributed by atoms with Crippen LogP contribution in [0.3, 0.4) is 0 Å². The van der Waals surface area contributed by atoms with Gasteiger partial charge in [-0.3, -0.25) is 0 Å². The summed E-state index contributed by atoms with van der Waals surface area (Å²) in [5, 5.41) is 9.17. The highest BCUT2D eigenvalue weighted by atomic mass is 15.1. The molecule has 0 unspecified atom stereocenters. The van der Waals surface area contributed by atoms with Crippen LogP contribution in [0.15, 0.2) is 30.5 Å². The maximum Gasteiger partial charge on any atom is 0.179 e. The molecule has 4 rings (SSSR count). The quantitative estimate of drug-likeness (QED) is 0.787. The van der Waals surface area contributed by atoms with Gasteiger partial charge in [0.2, 0.25) is 0 Å². The standard InChI is InChI=1S/C17H15N5/c1-2-22-8-6-11-9-12(3-4-14(11)22)16-20-15-13(10-18)5-7-19-17(15)21-16/h3-5,7,9H,2,6,8H2,1H3,(H,19,20,21). The number of rotatable bonds is 2. The van der Waals surface area contributed by atoms with E-state index < -0.39 is 0 Å². The second-order valence-corrected chi connectivity index (χ2v) is 5.43. The summed E-state index contributed by atoms with van der Waals surface area (Å²) < 4.78 is 0. The summed E-state index contributed by atoms with van der Waals surface area (Å²) in [6.45, 7) is 4.29. The Morgan fingerprint density at radius 1 is 1.36 bits per heavy atom. The van der Waals surface area contributed by atoms with Gasteiger partial charge in [0.05, 0.1) is 5.56 Å². The molecule has 3 heterocycles. The van der Waals surface area contributed by atoms with Gasteiger partial charge in [-0.05, 0) is 43.2 Å². The van der Waals surface area contributed by atoms with Crippen LogP contribution in [0.1, 0.15) is 18.1 Å². The first-order valence-electron chi connectivity index (χ1n) is 7.43. The van der Waals surface area contributed by atoms with Crippen molar-refractivity contribution >= 4 is 16.9 Å². The molecule has 1 N–H and O–H groups in total. The number of benzene rings is 1. The molecule has 3 aromatic rings. The van der Waals surface area contributed by atoms with Crippen molar-refractivity contribution in [1.82, 2.24) is 15.0 Å². The molecule has 1 aliphatic rings. The van der Waals surface area contributed by atoms with E-state index in [1.54, 1.807) is 12.3 Å². The molecular formula is C17H15N5. The van der Waals surface area contributed by atoms with Crippen LogP contribution in [0.5, 0.6) is 0 Å². The summed E-state index contributed by atoms with van der Waals surface area (Å²) in [6, 6.07) is 10.3. The van der Waals surface area contributed by atoms with Crippen molar-refractivity contribution in [2.75, 3.05) is 18.0 Å². The molecule has 0 saturated carbocycles. The van der Waals surface area contributed by atoms with Crippen molar-refractivity contribution in [3.63, 3.8) is 0 Å². The van der Waals surface area contributed by atoms with Gasteiger partial charge < -0.3 is 9.88 Å². The fraction of sp³-hybridized carbons (Fsp3) is 0.235. The molecule has 108 valence electrons. The highest BCUT2D eigenvalue weighted by Crippen LogP contribution is 2.31. The number of aromatic nitrogens is 3. The molecule has 5 nitrogen and oxygen atoms in total. The fourth-order valence-corrected chi connectivity index (χ4v) is 3.09. The van der Waals surface area contributed by atoms with Gasteiger partial charge in [-0.15, -0.1) is 0 Å². The zero-order valence-electron chi connectivity index (χ0n) is 12.3. The summed E-state index contributed by atoms with van der Waals surface area (Å²) in [5.41, 5.74) is 5.58. The van der Waals surface area contributed by atoms with Crippen molar-refractivity contribution in [2.45, 2.75) is 13.3 Å². The highest BCUT2D eigenvalue weighted by Gasteiger charge is 2.19. The minimum atomic E-state index is 0.571. The van der Waals surface area contributed by atoms with E-state index in [0.717, 1.165) is 30.9 Å². The number of fused-ring (bicyclic) bond motifs is 2. The third-order valence-corrected chi connectivity index (χ3v) is 4.24. The number of H-pyrrole nitrogens is 1. The monoisotopic (exact) mass is 289 g/mol. The predicted octanol–water partition coefficient (Wildman–Crippen LogP) is 2.88. The Balaban J connectivity index is 1.82. The Morgan fingerprint density at radius 2 is 2.27 bits per heavy atom. The number of hydrogen-bond acceptors (Lipinski definition) is 4. The summed E-state index contributed by atoms with van der Waals surface area (Å²) in [5.74, 6) is 0.767. The Hall–Kier alpha value is -2.87. The van der Waals surface area contributed by atoms with E-state index in [2.05, 4.69) is 51.0 Å². The van der Waals surface area contributed by atoms with E-state index in [1.165, 1.54) is 11.3 Å².